The van der Waals surface area contributed by atoms with Gasteiger partial charge in [0.1, 0.15) is 5.69 Å². The van der Waals surface area contributed by atoms with Crippen molar-refractivity contribution in [3.63, 3.8) is 0 Å². The number of nitrogens with zero attached hydrogens (tertiary/aromatic N) is 1. The van der Waals surface area contributed by atoms with Crippen LogP contribution in [-0.4, -0.2) is 16.9 Å². The average Bonchev–Trinajstić information content (AvgIpc) is 2.38. The fourth-order valence-electron chi connectivity index (χ4n) is 3.72. The number of nitro groups is 1. The van der Waals surface area contributed by atoms with Crippen LogP contribution in [0.2, 0.25) is 0 Å². The predicted octanol–water partition coefficient (Wildman–Crippen LogP) is 4.29. The summed E-state index contributed by atoms with van der Waals surface area (Å²) in [6, 6.07) is 2.01. The lowest BCUT2D eigenvalue weighted by molar-refractivity contribution is -0.384. The first-order valence-corrected chi connectivity index (χ1v) is 8.00. The van der Waals surface area contributed by atoms with Crippen LogP contribution < -0.4 is 10.1 Å². The van der Waals surface area contributed by atoms with E-state index >= 15 is 0 Å². The zero-order chi connectivity index (χ0) is 18.1. The van der Waals surface area contributed by atoms with Crippen LogP contribution in [-0.2, 0) is 4.79 Å². The highest BCUT2D eigenvalue weighted by Gasteiger charge is 2.33. The monoisotopic (exact) mass is 338 g/mol. The first-order chi connectivity index (χ1) is 11.1. The summed E-state index contributed by atoms with van der Waals surface area (Å²) in [6.45, 7) is 7.59. The van der Waals surface area contributed by atoms with Crippen molar-refractivity contribution >= 4 is 17.3 Å². The molecule has 0 aromatic heterocycles. The Morgan fingerprint density at radius 1 is 1.42 bits per heavy atom. The first-order valence-electron chi connectivity index (χ1n) is 8.00. The van der Waals surface area contributed by atoms with Gasteiger partial charge in [0.25, 0.3) is 5.69 Å². The normalized spacial score (nSPS) is 22.7. The van der Waals surface area contributed by atoms with Crippen LogP contribution >= 0.6 is 0 Å². The SMILES string of the molecule is CC(=O)Oc1cc([N+](=O)[O-])c(NC2CC(C)CC(C)(C)C2)cc1F. The fraction of sp³-hybridized carbons (Fsp3) is 0.588. The number of hydrogen-bond donors (Lipinski definition) is 1. The quantitative estimate of drug-likeness (QED) is 0.383. The number of anilines is 1. The Hall–Kier alpha value is -2.18. The molecule has 0 heterocycles. The van der Waals surface area contributed by atoms with E-state index in [9.17, 15) is 19.3 Å². The second-order valence-corrected chi connectivity index (χ2v) is 7.41. The molecule has 0 amide bonds. The molecule has 2 atom stereocenters. The van der Waals surface area contributed by atoms with Gasteiger partial charge in [0.2, 0.25) is 0 Å². The lowest BCUT2D eigenvalue weighted by atomic mass is 9.70. The van der Waals surface area contributed by atoms with E-state index in [2.05, 4.69) is 30.8 Å². The van der Waals surface area contributed by atoms with Crippen molar-refractivity contribution in [1.82, 2.24) is 0 Å². The highest BCUT2D eigenvalue weighted by Crippen LogP contribution is 2.41. The van der Waals surface area contributed by atoms with E-state index in [1.54, 1.807) is 0 Å². The van der Waals surface area contributed by atoms with Gasteiger partial charge in [0.05, 0.1) is 11.0 Å². The summed E-state index contributed by atoms with van der Waals surface area (Å²) >= 11 is 0. The Morgan fingerprint density at radius 3 is 2.62 bits per heavy atom. The van der Waals surface area contributed by atoms with E-state index < -0.39 is 22.5 Å². The number of halogens is 1. The third-order valence-corrected chi connectivity index (χ3v) is 4.25. The lowest BCUT2D eigenvalue weighted by Gasteiger charge is -2.39. The van der Waals surface area contributed by atoms with Crippen LogP contribution in [0.3, 0.4) is 0 Å². The topological polar surface area (TPSA) is 81.5 Å². The molecule has 1 N–H and O–H groups in total. The molecule has 1 aliphatic carbocycles. The van der Waals surface area contributed by atoms with Gasteiger partial charge >= 0.3 is 5.97 Å². The van der Waals surface area contributed by atoms with Crippen LogP contribution in [0.25, 0.3) is 0 Å². The van der Waals surface area contributed by atoms with E-state index in [4.69, 9.17) is 0 Å². The third kappa shape index (κ3) is 4.43. The minimum atomic E-state index is -0.804. The summed E-state index contributed by atoms with van der Waals surface area (Å²) in [7, 11) is 0. The van der Waals surface area contributed by atoms with Gasteiger partial charge in [-0.1, -0.05) is 20.8 Å². The molecule has 0 bridgehead atoms. The molecule has 0 aliphatic heterocycles. The first kappa shape index (κ1) is 18.2. The fourth-order valence-corrected chi connectivity index (χ4v) is 3.72. The Bertz CT molecular complexity index is 660. The molecule has 1 aromatic rings. The van der Waals surface area contributed by atoms with Gasteiger partial charge in [-0.15, -0.1) is 0 Å². The van der Waals surface area contributed by atoms with Gasteiger partial charge < -0.3 is 10.1 Å². The van der Waals surface area contributed by atoms with Gasteiger partial charge in [-0.25, -0.2) is 4.39 Å². The number of rotatable bonds is 4. The molecule has 1 fully saturated rings. The number of ether oxygens (including phenoxy) is 1. The molecular weight excluding hydrogens is 315 g/mol. The molecule has 2 unspecified atom stereocenters. The number of carbonyl (C=O) groups excluding carboxylic acids is 1. The summed E-state index contributed by atoms with van der Waals surface area (Å²) < 4.78 is 18.8. The van der Waals surface area contributed by atoms with Crippen LogP contribution in [0.1, 0.15) is 47.0 Å². The Kier molecular flexibility index (Phi) is 5.11. The molecule has 7 heteroatoms. The van der Waals surface area contributed by atoms with Crippen molar-refractivity contribution in [2.75, 3.05) is 5.32 Å². The van der Waals surface area contributed by atoms with Crippen molar-refractivity contribution < 1.29 is 18.8 Å². The van der Waals surface area contributed by atoms with Crippen molar-refractivity contribution in [2.45, 2.75) is 53.0 Å². The van der Waals surface area contributed by atoms with Crippen LogP contribution in [0, 0.1) is 27.3 Å². The van der Waals surface area contributed by atoms with Gasteiger partial charge in [-0.3, -0.25) is 14.9 Å². The van der Waals surface area contributed by atoms with Gasteiger partial charge in [-0.2, -0.15) is 0 Å². The summed E-state index contributed by atoms with van der Waals surface area (Å²) in [6.07, 6.45) is 2.81. The average molecular weight is 338 g/mol. The maximum atomic E-state index is 14.1. The summed E-state index contributed by atoms with van der Waals surface area (Å²) in [5.74, 6) is -1.49. The molecule has 1 aliphatic rings. The maximum absolute atomic E-state index is 14.1. The van der Waals surface area contributed by atoms with Gasteiger partial charge in [-0.05, 0) is 30.6 Å². The molecule has 6 nitrogen and oxygen atoms in total. The third-order valence-electron chi connectivity index (χ3n) is 4.25. The summed E-state index contributed by atoms with van der Waals surface area (Å²) in [4.78, 5) is 21.7. The zero-order valence-corrected chi connectivity index (χ0v) is 14.4. The molecule has 2 rings (SSSR count). The second kappa shape index (κ2) is 6.75. The minimum Gasteiger partial charge on any atom is -0.423 e. The van der Waals surface area contributed by atoms with Crippen LogP contribution in [0.5, 0.6) is 5.75 Å². The van der Waals surface area contributed by atoms with Crippen molar-refractivity contribution in [1.29, 1.82) is 0 Å². The highest BCUT2D eigenvalue weighted by molar-refractivity contribution is 5.72. The lowest BCUT2D eigenvalue weighted by Crippen LogP contribution is -2.35. The maximum Gasteiger partial charge on any atom is 0.308 e. The predicted molar refractivity (Wildman–Crippen MR) is 88.6 cm³/mol. The van der Waals surface area contributed by atoms with Crippen molar-refractivity contribution in [3.05, 3.63) is 28.1 Å². The van der Waals surface area contributed by atoms with Gasteiger partial charge in [0, 0.05) is 19.0 Å². The number of nitrogens with one attached hydrogen (secondary N) is 1. The molecule has 1 aromatic carbocycles. The van der Waals surface area contributed by atoms with E-state index in [0.29, 0.717) is 5.92 Å². The van der Waals surface area contributed by atoms with E-state index in [1.165, 1.54) is 0 Å². The summed E-state index contributed by atoms with van der Waals surface area (Å²) in [5, 5.41) is 14.4. The molecule has 0 radical (unpaired) electrons. The molecule has 132 valence electrons. The number of nitro benzene ring substituents is 1. The number of esters is 1. The minimum absolute atomic E-state index is 0.0291. The Morgan fingerprint density at radius 2 is 2.08 bits per heavy atom. The molecular formula is C17H23FN2O4. The standard InChI is InChI=1S/C17H23FN2O4/c1-10-5-12(9-17(3,4)8-10)19-14-6-13(18)16(24-11(2)21)7-15(14)20(22)23/h6-7,10,12,19H,5,8-9H2,1-4H3. The Labute approximate surface area is 140 Å². The van der Waals surface area contributed by atoms with E-state index in [1.807, 2.05) is 0 Å². The second-order valence-electron chi connectivity index (χ2n) is 7.41. The van der Waals surface area contributed by atoms with Crippen molar-refractivity contribution in [3.8, 4) is 5.75 Å². The smallest absolute Gasteiger partial charge is 0.308 e. The zero-order valence-electron chi connectivity index (χ0n) is 14.4. The van der Waals surface area contributed by atoms with Crippen LogP contribution in [0.4, 0.5) is 15.8 Å². The number of benzene rings is 1. The number of hydrogen-bond acceptors (Lipinski definition) is 5. The number of carbonyl (C=O) groups is 1. The summed E-state index contributed by atoms with van der Waals surface area (Å²) in [5.41, 5.74) is -0.0626. The Balaban J connectivity index is 2.30. The van der Waals surface area contributed by atoms with Crippen LogP contribution in [0.15, 0.2) is 12.1 Å². The van der Waals surface area contributed by atoms with E-state index in [0.717, 1.165) is 38.3 Å². The molecule has 0 saturated heterocycles. The highest BCUT2D eigenvalue weighted by atomic mass is 19.1. The molecule has 0 spiro atoms. The van der Waals surface area contributed by atoms with Crippen molar-refractivity contribution in [2.24, 2.45) is 11.3 Å². The molecule has 1 saturated carbocycles. The largest absolute Gasteiger partial charge is 0.423 e. The molecule has 24 heavy (non-hydrogen) atoms. The van der Waals surface area contributed by atoms with Gasteiger partial charge in [0.15, 0.2) is 11.6 Å². The van der Waals surface area contributed by atoms with E-state index in [-0.39, 0.29) is 22.8 Å².